The normalized spacial score (nSPS) is 30.2. The molecule has 2 fully saturated rings. The van der Waals surface area contributed by atoms with Gasteiger partial charge in [-0.3, -0.25) is 0 Å². The van der Waals surface area contributed by atoms with Crippen LogP contribution in [0.2, 0.25) is 0 Å². The van der Waals surface area contributed by atoms with E-state index in [0.717, 1.165) is 5.41 Å². The van der Waals surface area contributed by atoms with Crippen molar-refractivity contribution in [2.75, 3.05) is 0 Å². The monoisotopic (exact) mass is 136 g/mol. The van der Waals surface area contributed by atoms with Crippen LogP contribution in [0.4, 0.5) is 0 Å². The van der Waals surface area contributed by atoms with Gasteiger partial charge in [0.1, 0.15) is 0 Å². The van der Waals surface area contributed by atoms with E-state index in [1.807, 2.05) is 0 Å². The second-order valence-electron chi connectivity index (χ2n) is 4.13. The van der Waals surface area contributed by atoms with Crippen molar-refractivity contribution in [3.05, 3.63) is 12.2 Å². The fourth-order valence-corrected chi connectivity index (χ4v) is 2.70. The van der Waals surface area contributed by atoms with Crippen molar-refractivity contribution in [2.24, 2.45) is 5.41 Å². The lowest BCUT2D eigenvalue weighted by Crippen LogP contribution is -2.09. The van der Waals surface area contributed by atoms with E-state index in [2.05, 4.69) is 6.58 Å². The molecule has 2 aliphatic rings. The van der Waals surface area contributed by atoms with Crippen molar-refractivity contribution in [3.8, 4) is 0 Å². The van der Waals surface area contributed by atoms with Crippen LogP contribution in [0.15, 0.2) is 12.2 Å². The number of rotatable bonds is 0. The van der Waals surface area contributed by atoms with Crippen molar-refractivity contribution in [1.29, 1.82) is 0 Å². The van der Waals surface area contributed by atoms with Crippen molar-refractivity contribution >= 4 is 0 Å². The van der Waals surface area contributed by atoms with E-state index in [0.29, 0.717) is 0 Å². The third kappa shape index (κ3) is 0.902. The zero-order valence-corrected chi connectivity index (χ0v) is 6.66. The zero-order chi connectivity index (χ0) is 7.03. The fraction of sp³-hybridized carbons (Fsp3) is 0.800. The average molecular weight is 136 g/mol. The van der Waals surface area contributed by atoms with Crippen LogP contribution < -0.4 is 0 Å². The van der Waals surface area contributed by atoms with Gasteiger partial charge >= 0.3 is 0 Å². The van der Waals surface area contributed by atoms with Crippen LogP contribution in [0.5, 0.6) is 0 Å². The van der Waals surface area contributed by atoms with Gasteiger partial charge in [-0.1, -0.05) is 25.0 Å². The van der Waals surface area contributed by atoms with Gasteiger partial charge in [0.25, 0.3) is 0 Å². The molecular weight excluding hydrogens is 120 g/mol. The molecule has 2 aliphatic carbocycles. The highest BCUT2D eigenvalue weighted by molar-refractivity contribution is 5.09. The molecule has 0 radical (unpaired) electrons. The summed E-state index contributed by atoms with van der Waals surface area (Å²) in [6.45, 7) is 4.07. The molecule has 0 bridgehead atoms. The third-order valence-corrected chi connectivity index (χ3v) is 3.30. The molecule has 0 aromatic rings. The summed E-state index contributed by atoms with van der Waals surface area (Å²) in [6.07, 6.45) is 10.1. The van der Waals surface area contributed by atoms with Crippen molar-refractivity contribution in [3.63, 3.8) is 0 Å². The van der Waals surface area contributed by atoms with Gasteiger partial charge in [0.15, 0.2) is 0 Å². The molecule has 2 saturated carbocycles. The quantitative estimate of drug-likeness (QED) is 0.448. The molecule has 0 nitrogen and oxygen atoms in total. The molecule has 0 unspecified atom stereocenters. The van der Waals surface area contributed by atoms with Crippen molar-refractivity contribution in [2.45, 2.75) is 44.9 Å². The molecule has 0 amide bonds. The Morgan fingerprint density at radius 2 is 1.80 bits per heavy atom. The predicted molar refractivity (Wildman–Crippen MR) is 43.9 cm³/mol. The number of allylic oxidation sites excluding steroid dienone is 1. The lowest BCUT2D eigenvalue weighted by Gasteiger charge is -2.20. The second kappa shape index (κ2) is 2.11. The molecule has 56 valence electrons. The maximum Gasteiger partial charge on any atom is -0.0257 e. The predicted octanol–water partition coefficient (Wildman–Crippen LogP) is 3.29. The number of hydrogen-bond acceptors (Lipinski definition) is 0. The minimum atomic E-state index is 0.761. The minimum absolute atomic E-state index is 0.761. The SMILES string of the molecule is C=C1CCC2(CCCC2)C1. The molecule has 1 spiro atoms. The molecule has 0 heteroatoms. The summed E-state index contributed by atoms with van der Waals surface area (Å²) in [7, 11) is 0. The Hall–Kier alpha value is -0.260. The first kappa shape index (κ1) is 6.45. The maximum absolute atomic E-state index is 4.07. The second-order valence-corrected chi connectivity index (χ2v) is 4.13. The Morgan fingerprint density at radius 3 is 2.30 bits per heavy atom. The van der Waals surface area contributed by atoms with Crippen LogP contribution >= 0.6 is 0 Å². The Balaban J connectivity index is 2.09. The zero-order valence-electron chi connectivity index (χ0n) is 6.66. The highest BCUT2D eigenvalue weighted by atomic mass is 14.4. The summed E-state index contributed by atoms with van der Waals surface area (Å²) in [5, 5.41) is 0. The Bertz CT molecular complexity index is 149. The highest BCUT2D eigenvalue weighted by Crippen LogP contribution is 2.51. The Kier molecular flexibility index (Phi) is 1.36. The summed E-state index contributed by atoms with van der Waals surface area (Å²) in [4.78, 5) is 0. The van der Waals surface area contributed by atoms with Crippen LogP contribution in [0.1, 0.15) is 44.9 Å². The topological polar surface area (TPSA) is 0 Å². The Morgan fingerprint density at radius 1 is 1.10 bits per heavy atom. The van der Waals surface area contributed by atoms with Crippen LogP contribution in [0.3, 0.4) is 0 Å². The lowest BCUT2D eigenvalue weighted by molar-refractivity contribution is 0.315. The van der Waals surface area contributed by atoms with Gasteiger partial charge in [0, 0.05) is 0 Å². The van der Waals surface area contributed by atoms with E-state index in [-0.39, 0.29) is 0 Å². The van der Waals surface area contributed by atoms with Gasteiger partial charge in [-0.05, 0) is 37.5 Å². The van der Waals surface area contributed by atoms with E-state index in [9.17, 15) is 0 Å². The average Bonchev–Trinajstić information content (AvgIpc) is 2.46. The van der Waals surface area contributed by atoms with Gasteiger partial charge in [0.2, 0.25) is 0 Å². The largest absolute Gasteiger partial charge is 0.0998 e. The van der Waals surface area contributed by atoms with Gasteiger partial charge < -0.3 is 0 Å². The molecule has 0 aromatic carbocycles. The molecule has 10 heavy (non-hydrogen) atoms. The van der Waals surface area contributed by atoms with Gasteiger partial charge in [-0.15, -0.1) is 0 Å². The van der Waals surface area contributed by atoms with Crippen LogP contribution in [0.25, 0.3) is 0 Å². The first-order chi connectivity index (χ1) is 4.81. The number of hydrogen-bond donors (Lipinski definition) is 0. The highest BCUT2D eigenvalue weighted by Gasteiger charge is 2.37. The van der Waals surface area contributed by atoms with Crippen molar-refractivity contribution < 1.29 is 0 Å². The first-order valence-corrected chi connectivity index (χ1v) is 4.47. The summed E-state index contributed by atoms with van der Waals surface area (Å²) in [6, 6.07) is 0. The molecule has 0 aromatic heterocycles. The molecule has 0 heterocycles. The molecule has 0 saturated heterocycles. The summed E-state index contributed by atoms with van der Waals surface area (Å²) in [5.74, 6) is 0. The summed E-state index contributed by atoms with van der Waals surface area (Å²) >= 11 is 0. The van der Waals surface area contributed by atoms with E-state index < -0.39 is 0 Å². The van der Waals surface area contributed by atoms with E-state index in [1.54, 1.807) is 0 Å². The molecular formula is C10H16. The van der Waals surface area contributed by atoms with E-state index in [1.165, 1.54) is 50.5 Å². The molecule has 0 N–H and O–H groups in total. The van der Waals surface area contributed by atoms with Crippen LogP contribution in [0, 0.1) is 5.41 Å². The fourth-order valence-electron chi connectivity index (χ4n) is 2.70. The Labute approximate surface area is 63.3 Å². The van der Waals surface area contributed by atoms with Gasteiger partial charge in [-0.2, -0.15) is 0 Å². The van der Waals surface area contributed by atoms with Crippen LogP contribution in [-0.4, -0.2) is 0 Å². The summed E-state index contributed by atoms with van der Waals surface area (Å²) < 4.78 is 0. The maximum atomic E-state index is 4.07. The minimum Gasteiger partial charge on any atom is -0.0998 e. The van der Waals surface area contributed by atoms with E-state index in [4.69, 9.17) is 0 Å². The molecule has 2 rings (SSSR count). The molecule has 0 aliphatic heterocycles. The van der Waals surface area contributed by atoms with Gasteiger partial charge in [0.05, 0.1) is 0 Å². The van der Waals surface area contributed by atoms with Crippen LogP contribution in [-0.2, 0) is 0 Å². The molecule has 0 atom stereocenters. The van der Waals surface area contributed by atoms with Gasteiger partial charge in [-0.25, -0.2) is 0 Å². The third-order valence-electron chi connectivity index (χ3n) is 3.30. The van der Waals surface area contributed by atoms with Crippen molar-refractivity contribution in [1.82, 2.24) is 0 Å². The smallest absolute Gasteiger partial charge is 0.0257 e. The summed E-state index contributed by atoms with van der Waals surface area (Å²) in [5.41, 5.74) is 2.28. The first-order valence-electron chi connectivity index (χ1n) is 4.47. The standard InChI is InChI=1S/C10H16/c1-9-4-7-10(8-9)5-2-3-6-10/h1-8H2. The van der Waals surface area contributed by atoms with E-state index >= 15 is 0 Å². The lowest BCUT2D eigenvalue weighted by atomic mass is 9.84.